The Morgan fingerprint density at radius 2 is 1.96 bits per heavy atom. The van der Waals surface area contributed by atoms with Gasteiger partial charge in [-0.1, -0.05) is 35.9 Å². The molecule has 1 saturated carbocycles. The predicted molar refractivity (Wildman–Crippen MR) is 98.8 cm³/mol. The molecule has 2 atom stereocenters. The highest BCUT2D eigenvalue weighted by atomic mass is 35.5. The van der Waals surface area contributed by atoms with Gasteiger partial charge in [0.1, 0.15) is 0 Å². The van der Waals surface area contributed by atoms with Crippen LogP contribution < -0.4 is 16.4 Å². The molecule has 0 aliphatic heterocycles. The van der Waals surface area contributed by atoms with Crippen LogP contribution >= 0.6 is 11.6 Å². The third kappa shape index (κ3) is 4.18. The van der Waals surface area contributed by atoms with Crippen LogP contribution in [-0.2, 0) is 4.79 Å². The first kappa shape index (κ1) is 17.5. The lowest BCUT2D eigenvalue weighted by atomic mass is 10.1. The Labute approximate surface area is 151 Å². The number of nitrogens with one attached hydrogen (secondary N) is 2. The Kier molecular flexibility index (Phi) is 5.36. The smallest absolute Gasteiger partial charge is 0.253 e. The van der Waals surface area contributed by atoms with Crippen molar-refractivity contribution in [3.05, 3.63) is 64.7 Å². The summed E-state index contributed by atoms with van der Waals surface area (Å²) in [6.45, 7) is 0.754. The molecule has 3 rings (SSSR count). The largest absolute Gasteiger partial charge is 0.351 e. The quantitative estimate of drug-likeness (QED) is 0.743. The van der Waals surface area contributed by atoms with Crippen molar-refractivity contribution in [2.24, 2.45) is 11.7 Å². The summed E-state index contributed by atoms with van der Waals surface area (Å²) < 4.78 is 0. The lowest BCUT2D eigenvalue weighted by Crippen LogP contribution is -2.30. The molecule has 2 amide bonds. The van der Waals surface area contributed by atoms with Crippen molar-refractivity contribution in [3.8, 4) is 0 Å². The molecule has 2 unspecified atom stereocenters. The number of para-hydroxylation sites is 1. The van der Waals surface area contributed by atoms with Crippen molar-refractivity contribution < 1.29 is 9.59 Å². The molecule has 0 radical (unpaired) electrons. The molecule has 0 saturated heterocycles. The van der Waals surface area contributed by atoms with Crippen LogP contribution in [0.1, 0.15) is 28.3 Å². The maximum atomic E-state index is 12.5. The van der Waals surface area contributed by atoms with E-state index in [4.69, 9.17) is 17.3 Å². The molecule has 130 valence electrons. The van der Waals surface area contributed by atoms with E-state index in [2.05, 4.69) is 10.6 Å². The van der Waals surface area contributed by atoms with E-state index in [9.17, 15) is 9.59 Å². The first-order valence-corrected chi connectivity index (χ1v) is 8.61. The fraction of sp³-hybridized carbons (Fsp3) is 0.263. The van der Waals surface area contributed by atoms with Crippen molar-refractivity contribution in [1.29, 1.82) is 0 Å². The van der Waals surface area contributed by atoms with Gasteiger partial charge in [-0.3, -0.25) is 9.59 Å². The van der Waals surface area contributed by atoms with Gasteiger partial charge in [-0.15, -0.1) is 0 Å². The molecule has 0 aromatic heterocycles. The molecule has 1 aliphatic rings. The summed E-state index contributed by atoms with van der Waals surface area (Å²) in [5.74, 6) is -0.247. The standard InChI is InChI=1S/C19H20ClN3O2/c20-13-5-3-4-12(10-13)15-11-16(15)19(25)23-17-7-2-1-6-14(17)18(24)22-9-8-21/h1-7,10,15-16H,8-9,11,21H2,(H,22,24)(H,23,25). The molecule has 0 bridgehead atoms. The van der Waals surface area contributed by atoms with Gasteiger partial charge in [0.2, 0.25) is 5.91 Å². The fourth-order valence-corrected chi connectivity index (χ4v) is 3.09. The highest BCUT2D eigenvalue weighted by molar-refractivity contribution is 6.30. The molecule has 0 heterocycles. The first-order chi connectivity index (χ1) is 12.1. The number of rotatable bonds is 6. The number of amides is 2. The molecule has 25 heavy (non-hydrogen) atoms. The van der Waals surface area contributed by atoms with Crippen LogP contribution in [0.25, 0.3) is 0 Å². The van der Waals surface area contributed by atoms with Crippen LogP contribution in [0.4, 0.5) is 5.69 Å². The monoisotopic (exact) mass is 357 g/mol. The van der Waals surface area contributed by atoms with E-state index >= 15 is 0 Å². The number of benzene rings is 2. The van der Waals surface area contributed by atoms with Crippen LogP contribution in [0.15, 0.2) is 48.5 Å². The molecule has 1 aliphatic carbocycles. The number of halogens is 1. The van der Waals surface area contributed by atoms with Crippen molar-refractivity contribution >= 4 is 29.1 Å². The van der Waals surface area contributed by atoms with Crippen LogP contribution in [0.5, 0.6) is 0 Å². The third-order valence-electron chi connectivity index (χ3n) is 4.26. The van der Waals surface area contributed by atoms with Gasteiger partial charge in [-0.2, -0.15) is 0 Å². The number of nitrogens with two attached hydrogens (primary N) is 1. The van der Waals surface area contributed by atoms with Gasteiger partial charge in [-0.25, -0.2) is 0 Å². The number of carbonyl (C=O) groups excluding carboxylic acids is 2. The molecule has 0 spiro atoms. The minimum absolute atomic E-state index is 0.0796. The molecule has 4 N–H and O–H groups in total. The number of carbonyl (C=O) groups is 2. The molecule has 1 fully saturated rings. The number of anilines is 1. The summed E-state index contributed by atoms with van der Waals surface area (Å²) in [7, 11) is 0. The van der Waals surface area contributed by atoms with Gasteiger partial charge < -0.3 is 16.4 Å². The van der Waals surface area contributed by atoms with E-state index in [1.54, 1.807) is 24.3 Å². The van der Waals surface area contributed by atoms with Crippen molar-refractivity contribution in [3.63, 3.8) is 0 Å². The zero-order valence-electron chi connectivity index (χ0n) is 13.7. The van der Waals surface area contributed by atoms with E-state index < -0.39 is 0 Å². The summed E-state index contributed by atoms with van der Waals surface area (Å²) in [6, 6.07) is 14.6. The van der Waals surface area contributed by atoms with Gasteiger partial charge in [-0.05, 0) is 42.2 Å². The molecular weight excluding hydrogens is 338 g/mol. The summed E-state index contributed by atoms with van der Waals surface area (Å²) in [4.78, 5) is 24.7. The second-order valence-electron chi connectivity index (χ2n) is 6.08. The average Bonchev–Trinajstić information content (AvgIpc) is 3.41. The lowest BCUT2D eigenvalue weighted by Gasteiger charge is -2.11. The van der Waals surface area contributed by atoms with Gasteiger partial charge in [0.25, 0.3) is 5.91 Å². The predicted octanol–water partition coefficient (Wildman–Crippen LogP) is 2.77. The minimum Gasteiger partial charge on any atom is -0.351 e. The summed E-state index contributed by atoms with van der Waals surface area (Å²) in [5.41, 5.74) is 7.43. The molecule has 6 heteroatoms. The number of hydrogen-bond acceptors (Lipinski definition) is 3. The van der Waals surface area contributed by atoms with Crippen LogP contribution in [-0.4, -0.2) is 24.9 Å². The summed E-state index contributed by atoms with van der Waals surface area (Å²) >= 11 is 6.02. The molecule has 2 aromatic rings. The topological polar surface area (TPSA) is 84.2 Å². The Morgan fingerprint density at radius 3 is 2.72 bits per heavy atom. The van der Waals surface area contributed by atoms with E-state index in [-0.39, 0.29) is 23.7 Å². The van der Waals surface area contributed by atoms with Crippen molar-refractivity contribution in [2.45, 2.75) is 12.3 Å². The highest BCUT2D eigenvalue weighted by Gasteiger charge is 2.44. The molecular formula is C19H20ClN3O2. The summed E-state index contributed by atoms with van der Waals surface area (Å²) in [5, 5.41) is 6.27. The number of hydrogen-bond donors (Lipinski definition) is 3. The summed E-state index contributed by atoms with van der Waals surface area (Å²) in [6.07, 6.45) is 0.785. The van der Waals surface area contributed by atoms with Crippen molar-refractivity contribution in [1.82, 2.24) is 5.32 Å². The Balaban J connectivity index is 1.67. The third-order valence-corrected chi connectivity index (χ3v) is 4.50. The van der Waals surface area contributed by atoms with E-state index in [1.165, 1.54) is 0 Å². The maximum absolute atomic E-state index is 12.5. The SMILES string of the molecule is NCCNC(=O)c1ccccc1NC(=O)C1CC1c1cccc(Cl)c1. The van der Waals surface area contributed by atoms with Crippen LogP contribution in [0.2, 0.25) is 5.02 Å². The second-order valence-corrected chi connectivity index (χ2v) is 6.52. The van der Waals surface area contributed by atoms with Crippen molar-refractivity contribution in [2.75, 3.05) is 18.4 Å². The average molecular weight is 358 g/mol. The van der Waals surface area contributed by atoms with Gasteiger partial charge in [0.05, 0.1) is 11.3 Å². The Morgan fingerprint density at radius 1 is 1.16 bits per heavy atom. The Bertz CT molecular complexity index is 794. The van der Waals surface area contributed by atoms with Gasteiger partial charge in [0.15, 0.2) is 0 Å². The fourth-order valence-electron chi connectivity index (χ4n) is 2.89. The van der Waals surface area contributed by atoms with E-state index in [1.807, 2.05) is 24.3 Å². The zero-order chi connectivity index (χ0) is 17.8. The maximum Gasteiger partial charge on any atom is 0.253 e. The minimum atomic E-state index is -0.247. The van der Waals surface area contributed by atoms with Crippen LogP contribution in [0.3, 0.4) is 0 Å². The van der Waals surface area contributed by atoms with Gasteiger partial charge >= 0.3 is 0 Å². The lowest BCUT2D eigenvalue weighted by molar-refractivity contribution is -0.117. The zero-order valence-corrected chi connectivity index (χ0v) is 14.4. The molecule has 5 nitrogen and oxygen atoms in total. The highest BCUT2D eigenvalue weighted by Crippen LogP contribution is 2.48. The molecule has 2 aromatic carbocycles. The van der Waals surface area contributed by atoms with Crippen LogP contribution in [0, 0.1) is 5.92 Å². The van der Waals surface area contributed by atoms with Gasteiger partial charge in [0, 0.05) is 24.0 Å². The Hall–Kier alpha value is -2.37. The first-order valence-electron chi connectivity index (χ1n) is 8.23. The van der Waals surface area contributed by atoms with E-state index in [0.717, 1.165) is 12.0 Å². The normalized spacial score (nSPS) is 18.5. The van der Waals surface area contributed by atoms with E-state index in [0.29, 0.717) is 29.4 Å². The second kappa shape index (κ2) is 7.68.